The summed E-state index contributed by atoms with van der Waals surface area (Å²) in [5.74, 6) is 0. The fourth-order valence-electron chi connectivity index (χ4n) is 2.07. The van der Waals surface area contributed by atoms with Gasteiger partial charge in [0.2, 0.25) is 0 Å². The number of rotatable bonds is 4. The van der Waals surface area contributed by atoms with E-state index in [1.165, 1.54) is 0 Å². The molecule has 3 nitrogen and oxygen atoms in total. The number of thiol groups is 1. The molecule has 0 heterocycles. The SMILES string of the molecule is Nc1ccc(N=Cc2ccc(C=Nc3ccc(S)cc3)cc2)cc1. The quantitative estimate of drug-likeness (QED) is 0.392. The molecule has 0 radical (unpaired) electrons. The molecule has 0 saturated heterocycles. The first-order valence-electron chi connectivity index (χ1n) is 7.52. The van der Waals surface area contributed by atoms with Gasteiger partial charge in [0.25, 0.3) is 0 Å². The van der Waals surface area contributed by atoms with Crippen LogP contribution in [0, 0.1) is 0 Å². The lowest BCUT2D eigenvalue weighted by molar-refractivity contribution is 1.43. The van der Waals surface area contributed by atoms with Gasteiger partial charge in [0, 0.05) is 23.0 Å². The molecule has 0 atom stereocenters. The van der Waals surface area contributed by atoms with Crippen molar-refractivity contribution in [1.29, 1.82) is 0 Å². The van der Waals surface area contributed by atoms with E-state index in [4.69, 9.17) is 5.73 Å². The second kappa shape index (κ2) is 7.62. The summed E-state index contributed by atoms with van der Waals surface area (Å²) in [5, 5.41) is 0. The molecule has 0 aliphatic carbocycles. The maximum Gasteiger partial charge on any atom is 0.0631 e. The van der Waals surface area contributed by atoms with Crippen LogP contribution in [0.5, 0.6) is 0 Å². The number of benzene rings is 3. The van der Waals surface area contributed by atoms with Gasteiger partial charge in [-0.2, -0.15) is 0 Å². The predicted molar refractivity (Wildman–Crippen MR) is 105 cm³/mol. The molecule has 0 bridgehead atoms. The highest BCUT2D eigenvalue weighted by molar-refractivity contribution is 7.80. The van der Waals surface area contributed by atoms with E-state index < -0.39 is 0 Å². The van der Waals surface area contributed by atoms with Crippen molar-refractivity contribution < 1.29 is 0 Å². The Morgan fingerprint density at radius 2 is 1.04 bits per heavy atom. The summed E-state index contributed by atoms with van der Waals surface area (Å²) < 4.78 is 0. The molecule has 0 spiro atoms. The first kappa shape index (κ1) is 16.0. The van der Waals surface area contributed by atoms with Crippen molar-refractivity contribution in [1.82, 2.24) is 0 Å². The Balaban J connectivity index is 1.66. The highest BCUT2D eigenvalue weighted by atomic mass is 32.1. The van der Waals surface area contributed by atoms with Crippen LogP contribution >= 0.6 is 12.6 Å². The van der Waals surface area contributed by atoms with Gasteiger partial charge in [-0.15, -0.1) is 12.6 Å². The van der Waals surface area contributed by atoms with Crippen LogP contribution in [0.25, 0.3) is 0 Å². The molecular weight excluding hydrogens is 314 g/mol. The van der Waals surface area contributed by atoms with Gasteiger partial charge in [0.15, 0.2) is 0 Å². The van der Waals surface area contributed by atoms with Crippen molar-refractivity contribution >= 4 is 42.1 Å². The summed E-state index contributed by atoms with van der Waals surface area (Å²) in [6.45, 7) is 0. The van der Waals surface area contributed by atoms with Gasteiger partial charge in [-0.3, -0.25) is 9.98 Å². The Morgan fingerprint density at radius 1 is 0.625 bits per heavy atom. The number of hydrogen-bond acceptors (Lipinski definition) is 4. The molecular formula is C20H17N3S. The minimum absolute atomic E-state index is 0.738. The van der Waals surface area contributed by atoms with E-state index in [-0.39, 0.29) is 0 Å². The van der Waals surface area contributed by atoms with Gasteiger partial charge >= 0.3 is 0 Å². The smallest absolute Gasteiger partial charge is 0.0631 e. The number of nitrogens with two attached hydrogens (primary N) is 1. The molecule has 2 N–H and O–H groups in total. The summed E-state index contributed by atoms with van der Waals surface area (Å²) in [7, 11) is 0. The molecule has 118 valence electrons. The zero-order valence-electron chi connectivity index (χ0n) is 13.0. The molecule has 3 aromatic carbocycles. The largest absolute Gasteiger partial charge is 0.399 e. The van der Waals surface area contributed by atoms with Crippen LogP contribution < -0.4 is 5.73 Å². The van der Waals surface area contributed by atoms with E-state index in [2.05, 4.69) is 22.6 Å². The number of nitrogens with zero attached hydrogens (tertiary/aromatic N) is 2. The molecule has 3 aromatic rings. The number of nitrogen functional groups attached to an aromatic ring is 1. The van der Waals surface area contributed by atoms with Gasteiger partial charge in [0.1, 0.15) is 0 Å². The average molecular weight is 331 g/mol. The van der Waals surface area contributed by atoms with Gasteiger partial charge < -0.3 is 5.73 Å². The Hall–Kier alpha value is -2.85. The van der Waals surface area contributed by atoms with Crippen LogP contribution in [0.2, 0.25) is 0 Å². The number of hydrogen-bond donors (Lipinski definition) is 2. The van der Waals surface area contributed by atoms with Crippen LogP contribution in [0.15, 0.2) is 87.7 Å². The van der Waals surface area contributed by atoms with Crippen molar-refractivity contribution in [3.8, 4) is 0 Å². The first-order chi connectivity index (χ1) is 11.7. The van der Waals surface area contributed by atoms with Gasteiger partial charge in [-0.05, 0) is 59.7 Å². The summed E-state index contributed by atoms with van der Waals surface area (Å²) in [6, 6.07) is 23.2. The molecule has 0 fully saturated rings. The van der Waals surface area contributed by atoms with Crippen molar-refractivity contribution in [2.45, 2.75) is 4.90 Å². The summed E-state index contributed by atoms with van der Waals surface area (Å²) in [4.78, 5) is 9.80. The van der Waals surface area contributed by atoms with Crippen LogP contribution in [0.3, 0.4) is 0 Å². The third kappa shape index (κ3) is 4.57. The number of anilines is 1. The lowest BCUT2D eigenvalue weighted by Gasteiger charge is -1.98. The summed E-state index contributed by atoms with van der Waals surface area (Å²) >= 11 is 4.26. The summed E-state index contributed by atoms with van der Waals surface area (Å²) in [5.41, 5.74) is 10.2. The molecule has 3 rings (SSSR count). The van der Waals surface area contributed by atoms with E-state index in [9.17, 15) is 0 Å². The lowest BCUT2D eigenvalue weighted by Crippen LogP contribution is -1.85. The minimum atomic E-state index is 0.738. The zero-order valence-corrected chi connectivity index (χ0v) is 13.9. The molecule has 0 aliphatic heterocycles. The lowest BCUT2D eigenvalue weighted by atomic mass is 10.1. The van der Waals surface area contributed by atoms with E-state index in [0.717, 1.165) is 33.1 Å². The van der Waals surface area contributed by atoms with Gasteiger partial charge in [-0.1, -0.05) is 24.3 Å². The second-order valence-corrected chi connectivity index (χ2v) is 5.81. The zero-order chi connectivity index (χ0) is 16.8. The van der Waals surface area contributed by atoms with Crippen LogP contribution in [0.4, 0.5) is 17.1 Å². The molecule has 0 aromatic heterocycles. The highest BCUT2D eigenvalue weighted by Crippen LogP contribution is 2.16. The van der Waals surface area contributed by atoms with E-state index in [1.807, 2.05) is 85.2 Å². The fourth-order valence-corrected chi connectivity index (χ4v) is 2.21. The maximum atomic E-state index is 5.66. The topological polar surface area (TPSA) is 50.7 Å². The Morgan fingerprint density at radius 3 is 1.50 bits per heavy atom. The van der Waals surface area contributed by atoms with Crippen LogP contribution in [0.1, 0.15) is 11.1 Å². The monoisotopic (exact) mass is 331 g/mol. The normalized spacial score (nSPS) is 11.4. The molecule has 0 unspecified atom stereocenters. The second-order valence-electron chi connectivity index (χ2n) is 5.29. The molecule has 4 heteroatoms. The number of aliphatic imine (C=N–C) groups is 2. The predicted octanol–water partition coefficient (Wildman–Crippen LogP) is 5.06. The van der Waals surface area contributed by atoms with E-state index in [0.29, 0.717) is 0 Å². The Bertz CT molecular complexity index is 774. The minimum Gasteiger partial charge on any atom is -0.399 e. The maximum absolute atomic E-state index is 5.66. The molecule has 0 amide bonds. The van der Waals surface area contributed by atoms with E-state index >= 15 is 0 Å². The van der Waals surface area contributed by atoms with Crippen LogP contribution in [-0.2, 0) is 0 Å². The van der Waals surface area contributed by atoms with Crippen molar-refractivity contribution in [3.05, 3.63) is 83.9 Å². The summed E-state index contributed by atoms with van der Waals surface area (Å²) in [6.07, 6.45) is 3.67. The Labute approximate surface area is 147 Å². The standard InChI is InChI=1S/C20H17N3S/c21-17-5-7-18(8-6-17)22-13-15-1-3-16(4-2-15)14-23-19-9-11-20(24)12-10-19/h1-14,24H,21H2. The fraction of sp³-hybridized carbons (Fsp3) is 0. The Kier molecular flexibility index (Phi) is 5.08. The molecule has 24 heavy (non-hydrogen) atoms. The third-order valence-corrected chi connectivity index (χ3v) is 3.70. The van der Waals surface area contributed by atoms with E-state index in [1.54, 1.807) is 0 Å². The highest BCUT2D eigenvalue weighted by Gasteiger charge is 1.93. The first-order valence-corrected chi connectivity index (χ1v) is 7.96. The van der Waals surface area contributed by atoms with Crippen LogP contribution in [-0.4, -0.2) is 12.4 Å². The average Bonchev–Trinajstić information content (AvgIpc) is 2.62. The van der Waals surface area contributed by atoms with Gasteiger partial charge in [-0.25, -0.2) is 0 Å². The molecule has 0 saturated carbocycles. The van der Waals surface area contributed by atoms with Gasteiger partial charge in [0.05, 0.1) is 11.4 Å². The third-order valence-electron chi connectivity index (χ3n) is 3.40. The molecule has 0 aliphatic rings. The van der Waals surface area contributed by atoms with Crippen molar-refractivity contribution in [2.24, 2.45) is 9.98 Å². The van der Waals surface area contributed by atoms with Crippen molar-refractivity contribution in [3.63, 3.8) is 0 Å². The van der Waals surface area contributed by atoms with Crippen molar-refractivity contribution in [2.75, 3.05) is 5.73 Å².